The maximum Gasteiger partial charge on any atom is 0.357 e. The van der Waals surface area contributed by atoms with Crippen LogP contribution in [-0.2, 0) is 6.54 Å². The maximum absolute atomic E-state index is 12.0. The second-order valence-electron chi connectivity index (χ2n) is 3.93. The van der Waals surface area contributed by atoms with Gasteiger partial charge in [0.25, 0.3) is 11.8 Å². The molecular weight excluding hydrogens is 236 g/mol. The van der Waals surface area contributed by atoms with E-state index >= 15 is 0 Å². The predicted molar refractivity (Wildman–Crippen MR) is 60.0 cm³/mol. The number of aromatic nitrogens is 1. The first kappa shape index (κ1) is 10.5. The highest BCUT2D eigenvalue weighted by atomic mass is 16.5. The van der Waals surface area contributed by atoms with Crippen molar-refractivity contribution in [3.63, 3.8) is 0 Å². The lowest BCUT2D eigenvalue weighted by Gasteiger charge is -2.11. The van der Waals surface area contributed by atoms with Crippen LogP contribution in [-0.4, -0.2) is 21.9 Å². The summed E-state index contributed by atoms with van der Waals surface area (Å²) in [6, 6.07) is 7.82. The molecule has 6 heteroatoms. The number of carbonyl (C=O) groups is 2. The quantitative estimate of drug-likeness (QED) is 0.790. The second-order valence-corrected chi connectivity index (χ2v) is 3.93. The van der Waals surface area contributed by atoms with E-state index < -0.39 is 5.63 Å². The molecule has 1 aromatic carbocycles. The summed E-state index contributed by atoms with van der Waals surface area (Å²) in [6.07, 6.45) is 0. The molecule has 18 heavy (non-hydrogen) atoms. The van der Waals surface area contributed by atoms with Crippen LogP contribution in [0.25, 0.3) is 0 Å². The van der Waals surface area contributed by atoms with Gasteiger partial charge in [-0.1, -0.05) is 12.1 Å². The molecule has 6 nitrogen and oxygen atoms in total. The van der Waals surface area contributed by atoms with E-state index in [4.69, 9.17) is 0 Å². The highest BCUT2D eigenvalue weighted by molar-refractivity contribution is 6.21. The minimum atomic E-state index is -0.540. The van der Waals surface area contributed by atoms with E-state index in [-0.39, 0.29) is 18.4 Å². The van der Waals surface area contributed by atoms with Gasteiger partial charge in [-0.2, -0.15) is 0 Å². The number of H-pyrrole nitrogens is 1. The summed E-state index contributed by atoms with van der Waals surface area (Å²) in [5, 5.41) is 2.37. The highest BCUT2D eigenvalue weighted by Gasteiger charge is 2.35. The fraction of sp³-hybridized carbons (Fsp3) is 0.0833. The summed E-state index contributed by atoms with van der Waals surface area (Å²) in [5.41, 5.74) is 0.609. The Hall–Kier alpha value is -2.63. The first-order valence-electron chi connectivity index (χ1n) is 5.29. The molecule has 1 aliphatic heterocycles. The fourth-order valence-electron chi connectivity index (χ4n) is 1.95. The summed E-state index contributed by atoms with van der Waals surface area (Å²) in [6.45, 7) is -0.00190. The lowest BCUT2D eigenvalue weighted by Crippen LogP contribution is -2.29. The SMILES string of the molecule is O=C1c2ccccc2C(=O)N1Cc1cc(=O)o[nH]1. The van der Waals surface area contributed by atoms with E-state index in [2.05, 4.69) is 9.68 Å². The van der Waals surface area contributed by atoms with Crippen molar-refractivity contribution in [2.24, 2.45) is 0 Å². The molecule has 0 unspecified atom stereocenters. The maximum atomic E-state index is 12.0. The summed E-state index contributed by atoms with van der Waals surface area (Å²) in [5.74, 6) is -0.727. The summed E-state index contributed by atoms with van der Waals surface area (Å²) >= 11 is 0. The Kier molecular flexibility index (Phi) is 2.16. The van der Waals surface area contributed by atoms with Gasteiger partial charge >= 0.3 is 5.63 Å². The number of hydrogen-bond acceptors (Lipinski definition) is 4. The van der Waals surface area contributed by atoms with Crippen molar-refractivity contribution in [2.75, 3.05) is 0 Å². The molecule has 3 rings (SSSR count). The van der Waals surface area contributed by atoms with Crippen LogP contribution >= 0.6 is 0 Å². The average Bonchev–Trinajstić information content (AvgIpc) is 2.88. The minimum absolute atomic E-state index is 0.00190. The fourth-order valence-corrected chi connectivity index (χ4v) is 1.95. The van der Waals surface area contributed by atoms with Gasteiger partial charge in [0.1, 0.15) is 0 Å². The number of imide groups is 1. The van der Waals surface area contributed by atoms with Crippen molar-refractivity contribution < 1.29 is 14.1 Å². The molecule has 1 aliphatic rings. The number of fused-ring (bicyclic) bond motifs is 1. The third kappa shape index (κ3) is 1.46. The van der Waals surface area contributed by atoms with Crippen molar-refractivity contribution in [3.05, 3.63) is 57.6 Å². The number of aromatic amines is 1. The number of nitrogens with zero attached hydrogens (tertiary/aromatic N) is 1. The zero-order chi connectivity index (χ0) is 12.7. The molecule has 90 valence electrons. The molecule has 1 aromatic heterocycles. The first-order valence-corrected chi connectivity index (χ1v) is 5.29. The zero-order valence-corrected chi connectivity index (χ0v) is 9.17. The lowest BCUT2D eigenvalue weighted by molar-refractivity contribution is 0.0639. The van der Waals surface area contributed by atoms with E-state index in [0.717, 1.165) is 4.90 Å². The van der Waals surface area contributed by atoms with Gasteiger partial charge in [0.15, 0.2) is 0 Å². The molecule has 0 fully saturated rings. The first-order chi connectivity index (χ1) is 8.66. The number of amides is 2. The van der Waals surface area contributed by atoms with Crippen LogP contribution in [0, 0.1) is 0 Å². The molecule has 0 saturated carbocycles. The van der Waals surface area contributed by atoms with Gasteiger partial charge in [-0.3, -0.25) is 14.5 Å². The van der Waals surface area contributed by atoms with Crippen LogP contribution in [0.1, 0.15) is 26.4 Å². The third-order valence-corrected chi connectivity index (χ3v) is 2.78. The van der Waals surface area contributed by atoms with E-state index in [9.17, 15) is 14.4 Å². The summed E-state index contributed by atoms with van der Waals surface area (Å²) in [4.78, 5) is 35.9. The molecule has 2 heterocycles. The Morgan fingerprint density at radius 1 is 1.06 bits per heavy atom. The highest BCUT2D eigenvalue weighted by Crippen LogP contribution is 2.23. The monoisotopic (exact) mass is 244 g/mol. The van der Waals surface area contributed by atoms with Crippen LogP contribution < -0.4 is 5.63 Å². The number of rotatable bonds is 2. The lowest BCUT2D eigenvalue weighted by atomic mass is 10.1. The Bertz CT molecular complexity index is 663. The molecule has 1 N–H and O–H groups in total. The number of hydrogen-bond donors (Lipinski definition) is 1. The van der Waals surface area contributed by atoms with Gasteiger partial charge < -0.3 is 4.52 Å². The van der Waals surface area contributed by atoms with Crippen LogP contribution in [0.15, 0.2) is 39.6 Å². The van der Waals surface area contributed by atoms with Crippen molar-refractivity contribution in [2.45, 2.75) is 6.54 Å². The molecule has 0 aliphatic carbocycles. The van der Waals surface area contributed by atoms with Gasteiger partial charge in [0, 0.05) is 6.07 Å². The van der Waals surface area contributed by atoms with Crippen LogP contribution in [0.5, 0.6) is 0 Å². The topological polar surface area (TPSA) is 83.4 Å². The summed E-state index contributed by atoms with van der Waals surface area (Å²) < 4.78 is 4.49. The molecule has 2 amide bonds. The molecule has 0 saturated heterocycles. The van der Waals surface area contributed by atoms with Gasteiger partial charge in [0.2, 0.25) is 0 Å². The predicted octanol–water partition coefficient (Wildman–Crippen LogP) is 0.764. The molecule has 2 aromatic rings. The standard InChI is InChI=1S/C12H8N2O4/c15-10-5-7(13-18-10)6-14-11(16)8-3-1-2-4-9(8)12(14)17/h1-5,13H,6H2. The Labute approximate surface area is 101 Å². The Morgan fingerprint density at radius 2 is 1.67 bits per heavy atom. The average molecular weight is 244 g/mol. The summed E-state index contributed by atoms with van der Waals surface area (Å²) in [7, 11) is 0. The van der Waals surface area contributed by atoms with E-state index in [1.807, 2.05) is 0 Å². The van der Waals surface area contributed by atoms with Crippen LogP contribution in [0.3, 0.4) is 0 Å². The Balaban J connectivity index is 1.95. The molecule has 0 spiro atoms. The second kappa shape index (κ2) is 3.69. The molecular formula is C12H8N2O4. The molecule has 0 atom stereocenters. The van der Waals surface area contributed by atoms with E-state index in [0.29, 0.717) is 16.8 Å². The Morgan fingerprint density at radius 3 is 2.17 bits per heavy atom. The van der Waals surface area contributed by atoms with Crippen molar-refractivity contribution >= 4 is 11.8 Å². The van der Waals surface area contributed by atoms with Gasteiger partial charge in [0.05, 0.1) is 23.4 Å². The number of nitrogens with one attached hydrogen (secondary N) is 1. The third-order valence-electron chi connectivity index (χ3n) is 2.78. The van der Waals surface area contributed by atoms with Crippen molar-refractivity contribution in [1.82, 2.24) is 10.1 Å². The minimum Gasteiger partial charge on any atom is -0.339 e. The van der Waals surface area contributed by atoms with Crippen LogP contribution in [0.2, 0.25) is 0 Å². The van der Waals surface area contributed by atoms with Crippen molar-refractivity contribution in [1.29, 1.82) is 0 Å². The van der Waals surface area contributed by atoms with Gasteiger partial charge in [-0.25, -0.2) is 9.95 Å². The number of carbonyl (C=O) groups excluding carboxylic acids is 2. The smallest absolute Gasteiger partial charge is 0.339 e. The molecule has 0 bridgehead atoms. The van der Waals surface area contributed by atoms with Gasteiger partial charge in [-0.05, 0) is 12.1 Å². The van der Waals surface area contributed by atoms with Gasteiger partial charge in [-0.15, -0.1) is 0 Å². The van der Waals surface area contributed by atoms with E-state index in [1.54, 1.807) is 24.3 Å². The number of benzene rings is 1. The zero-order valence-electron chi connectivity index (χ0n) is 9.17. The van der Waals surface area contributed by atoms with E-state index in [1.165, 1.54) is 6.07 Å². The molecule has 0 radical (unpaired) electrons. The van der Waals surface area contributed by atoms with Crippen molar-refractivity contribution in [3.8, 4) is 0 Å². The van der Waals surface area contributed by atoms with Crippen LogP contribution in [0.4, 0.5) is 0 Å². The normalized spacial score (nSPS) is 14.1. The largest absolute Gasteiger partial charge is 0.357 e.